The minimum Gasteiger partial charge on any atom is -0.294 e. The first-order valence-corrected chi connectivity index (χ1v) is 5.15. The standard InChI is InChI=1S/C11H16N2O/c1-7-10(8(2)13(3)12-7)11(14)9-5-4-6-9/h9H,4-6H2,1-3H3. The van der Waals surface area contributed by atoms with Gasteiger partial charge < -0.3 is 0 Å². The third-order valence-electron chi connectivity index (χ3n) is 3.23. The van der Waals surface area contributed by atoms with Crippen LogP contribution in [0.3, 0.4) is 0 Å². The Morgan fingerprint density at radius 2 is 2.07 bits per heavy atom. The Morgan fingerprint density at radius 1 is 1.43 bits per heavy atom. The molecule has 76 valence electrons. The average molecular weight is 192 g/mol. The summed E-state index contributed by atoms with van der Waals surface area (Å²) in [4.78, 5) is 12.0. The fourth-order valence-electron chi connectivity index (χ4n) is 2.00. The molecule has 0 aromatic carbocycles. The summed E-state index contributed by atoms with van der Waals surface area (Å²) in [5.74, 6) is 0.580. The molecule has 1 fully saturated rings. The fourth-order valence-corrected chi connectivity index (χ4v) is 2.00. The van der Waals surface area contributed by atoms with Gasteiger partial charge in [-0.3, -0.25) is 9.48 Å². The maximum absolute atomic E-state index is 12.0. The van der Waals surface area contributed by atoms with Gasteiger partial charge >= 0.3 is 0 Å². The second-order valence-electron chi connectivity index (χ2n) is 4.16. The molecule has 1 aliphatic rings. The molecule has 0 saturated heterocycles. The Labute approximate surface area is 84.1 Å². The van der Waals surface area contributed by atoms with Crippen LogP contribution in [0.5, 0.6) is 0 Å². The summed E-state index contributed by atoms with van der Waals surface area (Å²) < 4.78 is 1.79. The normalized spacial score (nSPS) is 16.8. The van der Waals surface area contributed by atoms with Crippen LogP contribution in [-0.4, -0.2) is 15.6 Å². The smallest absolute Gasteiger partial charge is 0.169 e. The van der Waals surface area contributed by atoms with Crippen LogP contribution in [0.2, 0.25) is 0 Å². The van der Waals surface area contributed by atoms with Crippen molar-refractivity contribution in [3.63, 3.8) is 0 Å². The number of ketones is 1. The van der Waals surface area contributed by atoms with Gasteiger partial charge in [0, 0.05) is 18.7 Å². The van der Waals surface area contributed by atoms with Gasteiger partial charge in [0.05, 0.1) is 11.3 Å². The lowest BCUT2D eigenvalue weighted by Gasteiger charge is -2.23. The quantitative estimate of drug-likeness (QED) is 0.672. The summed E-state index contributed by atoms with van der Waals surface area (Å²) in [6, 6.07) is 0. The lowest BCUT2D eigenvalue weighted by molar-refractivity contribution is 0.0854. The molecule has 1 aromatic heterocycles. The molecule has 1 aliphatic carbocycles. The molecule has 2 rings (SSSR count). The molecule has 14 heavy (non-hydrogen) atoms. The van der Waals surface area contributed by atoms with Crippen molar-refractivity contribution < 1.29 is 4.79 Å². The predicted octanol–water partition coefficient (Wildman–Crippen LogP) is 2.02. The van der Waals surface area contributed by atoms with Gasteiger partial charge in [-0.15, -0.1) is 0 Å². The molecular formula is C11H16N2O. The Balaban J connectivity index is 2.34. The number of aromatic nitrogens is 2. The molecule has 0 aliphatic heterocycles. The van der Waals surface area contributed by atoms with Crippen LogP contribution in [0.1, 0.15) is 41.0 Å². The highest BCUT2D eigenvalue weighted by atomic mass is 16.1. The molecule has 0 atom stereocenters. The van der Waals surface area contributed by atoms with Crippen LogP contribution in [0, 0.1) is 19.8 Å². The van der Waals surface area contributed by atoms with Crippen LogP contribution < -0.4 is 0 Å². The van der Waals surface area contributed by atoms with Gasteiger partial charge in [-0.05, 0) is 26.7 Å². The molecule has 0 bridgehead atoms. The molecule has 3 nitrogen and oxygen atoms in total. The first-order chi connectivity index (χ1) is 6.61. The first-order valence-electron chi connectivity index (χ1n) is 5.15. The van der Waals surface area contributed by atoms with E-state index >= 15 is 0 Å². The second kappa shape index (κ2) is 3.23. The highest BCUT2D eigenvalue weighted by Gasteiger charge is 2.29. The van der Waals surface area contributed by atoms with Crippen molar-refractivity contribution in [1.82, 2.24) is 9.78 Å². The van der Waals surface area contributed by atoms with Crippen molar-refractivity contribution in [3.05, 3.63) is 17.0 Å². The van der Waals surface area contributed by atoms with Gasteiger partial charge in [0.2, 0.25) is 0 Å². The number of hydrogen-bond acceptors (Lipinski definition) is 2. The minimum atomic E-state index is 0.275. The van der Waals surface area contributed by atoms with Crippen molar-refractivity contribution in [2.24, 2.45) is 13.0 Å². The summed E-state index contributed by atoms with van der Waals surface area (Å²) in [5.41, 5.74) is 2.73. The van der Waals surface area contributed by atoms with Gasteiger partial charge in [0.15, 0.2) is 5.78 Å². The molecule has 1 heterocycles. The molecule has 1 saturated carbocycles. The van der Waals surface area contributed by atoms with E-state index in [1.54, 1.807) is 4.68 Å². The highest BCUT2D eigenvalue weighted by Crippen LogP contribution is 2.31. The molecule has 0 amide bonds. The summed E-state index contributed by atoms with van der Waals surface area (Å²) in [7, 11) is 1.89. The zero-order valence-electron chi connectivity index (χ0n) is 9.00. The molecule has 0 unspecified atom stereocenters. The number of aryl methyl sites for hydroxylation is 2. The summed E-state index contributed by atoms with van der Waals surface area (Å²) in [5, 5.41) is 4.27. The summed E-state index contributed by atoms with van der Waals surface area (Å²) >= 11 is 0. The van der Waals surface area contributed by atoms with E-state index in [0.717, 1.165) is 29.8 Å². The minimum absolute atomic E-state index is 0.275. The Morgan fingerprint density at radius 3 is 2.43 bits per heavy atom. The predicted molar refractivity (Wildman–Crippen MR) is 54.4 cm³/mol. The van der Waals surface area contributed by atoms with Crippen molar-refractivity contribution in [2.75, 3.05) is 0 Å². The zero-order valence-corrected chi connectivity index (χ0v) is 9.00. The molecule has 3 heteroatoms. The second-order valence-corrected chi connectivity index (χ2v) is 4.16. The number of hydrogen-bond donors (Lipinski definition) is 0. The number of Topliss-reactive ketones (excluding diaryl/α,β-unsaturated/α-hetero) is 1. The van der Waals surface area contributed by atoms with Gasteiger partial charge in [-0.1, -0.05) is 6.42 Å². The molecule has 1 aromatic rings. The van der Waals surface area contributed by atoms with Crippen molar-refractivity contribution in [1.29, 1.82) is 0 Å². The van der Waals surface area contributed by atoms with Crippen molar-refractivity contribution in [2.45, 2.75) is 33.1 Å². The molecule has 0 radical (unpaired) electrons. The van der Waals surface area contributed by atoms with Gasteiger partial charge in [-0.25, -0.2) is 0 Å². The van der Waals surface area contributed by atoms with E-state index in [1.807, 2.05) is 20.9 Å². The lowest BCUT2D eigenvalue weighted by atomic mass is 9.79. The van der Waals surface area contributed by atoms with E-state index in [0.29, 0.717) is 5.78 Å². The summed E-state index contributed by atoms with van der Waals surface area (Å²) in [6.07, 6.45) is 3.33. The fraction of sp³-hybridized carbons (Fsp3) is 0.636. The van der Waals surface area contributed by atoms with Crippen molar-refractivity contribution >= 4 is 5.78 Å². The van der Waals surface area contributed by atoms with Crippen molar-refractivity contribution in [3.8, 4) is 0 Å². The molecular weight excluding hydrogens is 176 g/mol. The van der Waals surface area contributed by atoms with Crippen LogP contribution in [-0.2, 0) is 7.05 Å². The van der Waals surface area contributed by atoms with E-state index < -0.39 is 0 Å². The van der Waals surface area contributed by atoms with Crippen LogP contribution >= 0.6 is 0 Å². The van der Waals surface area contributed by atoms with E-state index in [-0.39, 0.29) is 5.92 Å². The first kappa shape index (κ1) is 9.44. The maximum atomic E-state index is 12.0. The van der Waals surface area contributed by atoms with Gasteiger partial charge in [0.1, 0.15) is 0 Å². The molecule has 0 N–H and O–H groups in total. The van der Waals surface area contributed by atoms with E-state index in [4.69, 9.17) is 0 Å². The Hall–Kier alpha value is -1.12. The SMILES string of the molecule is Cc1nn(C)c(C)c1C(=O)C1CCC1. The number of rotatable bonds is 2. The van der Waals surface area contributed by atoms with Gasteiger partial charge in [-0.2, -0.15) is 5.10 Å². The Bertz CT molecular complexity index is 375. The third-order valence-corrected chi connectivity index (χ3v) is 3.23. The van der Waals surface area contributed by atoms with E-state index in [2.05, 4.69) is 5.10 Å². The van der Waals surface area contributed by atoms with E-state index in [9.17, 15) is 4.79 Å². The van der Waals surface area contributed by atoms with E-state index in [1.165, 1.54) is 6.42 Å². The van der Waals surface area contributed by atoms with Crippen LogP contribution in [0.25, 0.3) is 0 Å². The number of carbonyl (C=O) groups excluding carboxylic acids is 1. The number of carbonyl (C=O) groups is 1. The zero-order chi connectivity index (χ0) is 10.3. The Kier molecular flexibility index (Phi) is 2.17. The number of nitrogens with zero attached hydrogens (tertiary/aromatic N) is 2. The third kappa shape index (κ3) is 1.27. The van der Waals surface area contributed by atoms with Gasteiger partial charge in [0.25, 0.3) is 0 Å². The maximum Gasteiger partial charge on any atom is 0.169 e. The van der Waals surface area contributed by atoms with Crippen LogP contribution in [0.4, 0.5) is 0 Å². The van der Waals surface area contributed by atoms with Crippen LogP contribution in [0.15, 0.2) is 0 Å². The highest BCUT2D eigenvalue weighted by molar-refractivity contribution is 6.00. The summed E-state index contributed by atoms with van der Waals surface area (Å²) in [6.45, 7) is 3.88. The monoisotopic (exact) mass is 192 g/mol. The molecule has 0 spiro atoms. The average Bonchev–Trinajstić information content (AvgIpc) is 2.23. The largest absolute Gasteiger partial charge is 0.294 e. The topological polar surface area (TPSA) is 34.9 Å². The lowest BCUT2D eigenvalue weighted by Crippen LogP contribution is -2.23.